The van der Waals surface area contributed by atoms with E-state index < -0.39 is 41.5 Å². The molecular weight excluding hydrogens is 592 g/mol. The first-order valence-corrected chi connectivity index (χ1v) is 13.0. The minimum absolute atomic E-state index is 0.0290. The largest absolute Gasteiger partial charge is 0.573 e. The van der Waals surface area contributed by atoms with Crippen LogP contribution in [0.3, 0.4) is 0 Å². The Kier molecular flexibility index (Phi) is 9.51. The van der Waals surface area contributed by atoms with Crippen molar-refractivity contribution < 1.29 is 50.1 Å². The average Bonchev–Trinajstić information content (AvgIpc) is 2.98. The molecule has 230 valence electrons. The maximum atomic E-state index is 13.4. The molecule has 0 saturated heterocycles. The summed E-state index contributed by atoms with van der Waals surface area (Å²) in [6.45, 7) is -0.297. The van der Waals surface area contributed by atoms with Gasteiger partial charge in [-0.25, -0.2) is 4.79 Å². The zero-order chi connectivity index (χ0) is 32.0. The lowest BCUT2D eigenvalue weighted by Gasteiger charge is -2.36. The normalized spacial score (nSPS) is 11.9. The van der Waals surface area contributed by atoms with Crippen molar-refractivity contribution in [2.24, 2.45) is 0 Å². The standard InChI is InChI=1S/C32H25F6NO5/c1-42-29(41)23-11-5-10-22(16-23)28(40)39-20-30(19-21-8-3-2-4-9-21,24-12-6-14-26(17-24)43-31(33,34)35)25-13-7-15-27(18-25)44-32(36,37)38/h2-18H,19-20H2,1H3,(H,39,40). The van der Waals surface area contributed by atoms with E-state index in [0.29, 0.717) is 5.56 Å². The molecule has 0 spiro atoms. The second-order valence-corrected chi connectivity index (χ2v) is 9.65. The fourth-order valence-electron chi connectivity index (χ4n) is 4.80. The fourth-order valence-corrected chi connectivity index (χ4v) is 4.80. The Bertz CT molecular complexity index is 1550. The van der Waals surface area contributed by atoms with Crippen LogP contribution in [0.4, 0.5) is 26.3 Å². The first-order chi connectivity index (χ1) is 20.8. The molecule has 12 heteroatoms. The lowest BCUT2D eigenvalue weighted by Crippen LogP contribution is -2.43. The minimum Gasteiger partial charge on any atom is -0.465 e. The first kappa shape index (κ1) is 31.9. The van der Waals surface area contributed by atoms with E-state index in [-0.39, 0.29) is 35.2 Å². The Morgan fingerprint density at radius 2 is 1.18 bits per heavy atom. The Hall–Kier alpha value is -5.00. The summed E-state index contributed by atoms with van der Waals surface area (Å²) in [5, 5.41) is 2.76. The van der Waals surface area contributed by atoms with Crippen molar-refractivity contribution >= 4 is 11.9 Å². The molecule has 4 rings (SSSR count). The van der Waals surface area contributed by atoms with Crippen LogP contribution in [-0.2, 0) is 16.6 Å². The molecule has 0 fully saturated rings. The summed E-state index contributed by atoms with van der Waals surface area (Å²) in [6, 6.07) is 24.4. The zero-order valence-electron chi connectivity index (χ0n) is 23.0. The highest BCUT2D eigenvalue weighted by atomic mass is 19.4. The Labute approximate surface area is 248 Å². The summed E-state index contributed by atoms with van der Waals surface area (Å²) >= 11 is 0. The maximum absolute atomic E-state index is 13.4. The maximum Gasteiger partial charge on any atom is 0.573 e. The van der Waals surface area contributed by atoms with Gasteiger partial charge >= 0.3 is 18.7 Å². The van der Waals surface area contributed by atoms with Crippen molar-refractivity contribution in [3.63, 3.8) is 0 Å². The number of hydrogen-bond donors (Lipinski definition) is 1. The van der Waals surface area contributed by atoms with Crippen LogP contribution in [0.2, 0.25) is 0 Å². The number of benzene rings is 4. The molecule has 0 radical (unpaired) electrons. The van der Waals surface area contributed by atoms with Crippen molar-refractivity contribution in [1.29, 1.82) is 0 Å². The van der Waals surface area contributed by atoms with E-state index in [1.54, 1.807) is 30.3 Å². The highest BCUT2D eigenvalue weighted by Crippen LogP contribution is 2.40. The van der Waals surface area contributed by atoms with Gasteiger partial charge in [-0.05, 0) is 65.6 Å². The number of carbonyl (C=O) groups excluding carboxylic acids is 2. The van der Waals surface area contributed by atoms with E-state index in [0.717, 1.165) is 24.3 Å². The summed E-state index contributed by atoms with van der Waals surface area (Å²) in [5.41, 5.74) is -0.201. The molecule has 0 aliphatic heterocycles. The molecule has 0 saturated carbocycles. The van der Waals surface area contributed by atoms with Crippen LogP contribution in [0.5, 0.6) is 11.5 Å². The van der Waals surface area contributed by atoms with E-state index >= 15 is 0 Å². The number of esters is 1. The van der Waals surface area contributed by atoms with Crippen LogP contribution < -0.4 is 14.8 Å². The van der Waals surface area contributed by atoms with Gasteiger partial charge < -0.3 is 19.5 Å². The molecule has 4 aromatic carbocycles. The lowest BCUT2D eigenvalue weighted by molar-refractivity contribution is -0.275. The van der Waals surface area contributed by atoms with Gasteiger partial charge in [0.2, 0.25) is 0 Å². The first-order valence-electron chi connectivity index (χ1n) is 13.0. The summed E-state index contributed by atoms with van der Waals surface area (Å²) in [4.78, 5) is 25.4. The molecule has 0 atom stereocenters. The number of carbonyl (C=O) groups is 2. The predicted octanol–water partition coefficient (Wildman–Crippen LogP) is 7.23. The summed E-state index contributed by atoms with van der Waals surface area (Å²) in [6.07, 6.45) is -10.00. The molecule has 0 bridgehead atoms. The van der Waals surface area contributed by atoms with Crippen molar-refractivity contribution in [2.45, 2.75) is 24.6 Å². The molecule has 1 N–H and O–H groups in total. The van der Waals surface area contributed by atoms with Gasteiger partial charge in [0.1, 0.15) is 11.5 Å². The Balaban J connectivity index is 1.86. The van der Waals surface area contributed by atoms with Crippen LogP contribution in [0, 0.1) is 0 Å². The van der Waals surface area contributed by atoms with Crippen molar-refractivity contribution in [2.75, 3.05) is 13.7 Å². The molecule has 0 aliphatic rings. The summed E-state index contributed by atoms with van der Waals surface area (Å²) in [5.74, 6) is -2.46. The highest BCUT2D eigenvalue weighted by molar-refractivity contribution is 5.98. The number of halogens is 6. The molecule has 0 aliphatic carbocycles. The molecule has 4 aromatic rings. The number of alkyl halides is 6. The molecule has 6 nitrogen and oxygen atoms in total. The molecule has 0 heterocycles. The molecular formula is C32H25F6NO5. The quantitative estimate of drug-likeness (QED) is 0.150. The second kappa shape index (κ2) is 13.1. The van der Waals surface area contributed by atoms with Gasteiger partial charge in [-0.3, -0.25) is 4.79 Å². The van der Waals surface area contributed by atoms with Gasteiger partial charge in [0.25, 0.3) is 5.91 Å². The van der Waals surface area contributed by atoms with Crippen molar-refractivity contribution in [3.05, 3.63) is 131 Å². The van der Waals surface area contributed by atoms with E-state index in [9.17, 15) is 35.9 Å². The van der Waals surface area contributed by atoms with Gasteiger partial charge in [-0.2, -0.15) is 0 Å². The third kappa shape index (κ3) is 8.30. The van der Waals surface area contributed by atoms with E-state index in [1.165, 1.54) is 55.6 Å². The Morgan fingerprint density at radius 3 is 1.70 bits per heavy atom. The molecule has 44 heavy (non-hydrogen) atoms. The molecule has 1 amide bonds. The summed E-state index contributed by atoms with van der Waals surface area (Å²) in [7, 11) is 1.18. The number of rotatable bonds is 10. The van der Waals surface area contributed by atoms with Gasteiger partial charge in [0, 0.05) is 17.5 Å². The van der Waals surface area contributed by atoms with Gasteiger partial charge in [0.15, 0.2) is 0 Å². The number of hydrogen-bond acceptors (Lipinski definition) is 5. The van der Waals surface area contributed by atoms with Crippen LogP contribution in [0.15, 0.2) is 103 Å². The Morgan fingerprint density at radius 1 is 0.659 bits per heavy atom. The van der Waals surface area contributed by atoms with Crippen molar-refractivity contribution in [1.82, 2.24) is 5.32 Å². The number of ether oxygens (including phenoxy) is 3. The fraction of sp³-hybridized carbons (Fsp3) is 0.188. The smallest absolute Gasteiger partial charge is 0.465 e. The van der Waals surface area contributed by atoms with Gasteiger partial charge in [-0.15, -0.1) is 26.3 Å². The third-order valence-corrected chi connectivity index (χ3v) is 6.69. The van der Waals surface area contributed by atoms with Gasteiger partial charge in [0.05, 0.1) is 12.7 Å². The van der Waals surface area contributed by atoms with E-state index in [1.807, 2.05) is 0 Å². The average molecular weight is 618 g/mol. The van der Waals surface area contributed by atoms with E-state index in [4.69, 9.17) is 4.74 Å². The molecule has 0 aromatic heterocycles. The zero-order valence-corrected chi connectivity index (χ0v) is 23.0. The number of nitrogens with one attached hydrogen (secondary N) is 1. The van der Waals surface area contributed by atoms with E-state index in [2.05, 4.69) is 14.8 Å². The minimum atomic E-state index is -5.01. The molecule has 0 unspecified atom stereocenters. The third-order valence-electron chi connectivity index (χ3n) is 6.69. The van der Waals surface area contributed by atoms with Crippen molar-refractivity contribution in [3.8, 4) is 11.5 Å². The highest BCUT2D eigenvalue weighted by Gasteiger charge is 2.38. The van der Waals surface area contributed by atoms with Crippen LogP contribution >= 0.6 is 0 Å². The monoisotopic (exact) mass is 617 g/mol. The predicted molar refractivity (Wildman–Crippen MR) is 147 cm³/mol. The van der Waals surface area contributed by atoms with Crippen LogP contribution in [0.1, 0.15) is 37.4 Å². The van der Waals surface area contributed by atoms with Gasteiger partial charge in [-0.1, -0.05) is 60.7 Å². The summed E-state index contributed by atoms with van der Waals surface area (Å²) < 4.78 is 92.0. The number of amides is 1. The lowest BCUT2D eigenvalue weighted by atomic mass is 9.70. The SMILES string of the molecule is COC(=O)c1cccc(C(=O)NCC(Cc2ccccc2)(c2cccc(OC(F)(F)F)c2)c2cccc(OC(F)(F)F)c2)c1. The van der Waals surface area contributed by atoms with Crippen LogP contribution in [0.25, 0.3) is 0 Å². The second-order valence-electron chi connectivity index (χ2n) is 9.65. The topological polar surface area (TPSA) is 73.9 Å². The number of methoxy groups -OCH3 is 1. The van der Waals surface area contributed by atoms with Crippen LogP contribution in [-0.4, -0.2) is 38.3 Å².